The van der Waals surface area contributed by atoms with E-state index in [-0.39, 0.29) is 6.04 Å². The summed E-state index contributed by atoms with van der Waals surface area (Å²) in [6.07, 6.45) is 0.635. The third kappa shape index (κ3) is 3.28. The van der Waals surface area contributed by atoms with Crippen LogP contribution >= 0.6 is 15.9 Å². The van der Waals surface area contributed by atoms with Gasteiger partial charge in [0, 0.05) is 17.1 Å². The van der Waals surface area contributed by atoms with Crippen molar-refractivity contribution < 1.29 is 17.9 Å². The van der Waals surface area contributed by atoms with Crippen molar-refractivity contribution in [3.05, 3.63) is 52.0 Å². The Balaban J connectivity index is 2.01. The number of ether oxygens (including phenoxy) is 2. The first-order chi connectivity index (χ1) is 11.9. The summed E-state index contributed by atoms with van der Waals surface area (Å²) >= 11 is 3.34. The molecular formula is C18H20BrNO4S. The molecule has 3 rings (SSSR count). The summed E-state index contributed by atoms with van der Waals surface area (Å²) in [5.41, 5.74) is 2.04. The monoisotopic (exact) mass is 425 g/mol. The number of fused-ring (bicyclic) bond motifs is 1. The lowest BCUT2D eigenvalue weighted by Gasteiger charge is -2.34. The maximum absolute atomic E-state index is 13.1. The Morgan fingerprint density at radius 3 is 2.28 bits per heavy atom. The van der Waals surface area contributed by atoms with Crippen molar-refractivity contribution in [3.8, 4) is 11.5 Å². The second kappa shape index (κ2) is 6.97. The van der Waals surface area contributed by atoms with Crippen LogP contribution in [0.2, 0.25) is 0 Å². The number of nitrogens with zero attached hydrogens (tertiary/aromatic N) is 1. The zero-order valence-electron chi connectivity index (χ0n) is 14.3. The van der Waals surface area contributed by atoms with Gasteiger partial charge in [-0.3, -0.25) is 0 Å². The standard InChI is InChI=1S/C18H20BrNO4S/c1-12-16-11-18(24-3)17(23-2)10-13(16)8-9-20(12)25(21,22)15-6-4-14(19)5-7-15/h4-7,10-12H,8-9H2,1-3H3/t12-/m0/s1. The number of hydrogen-bond donors (Lipinski definition) is 0. The summed E-state index contributed by atoms with van der Waals surface area (Å²) in [6, 6.07) is 10.3. The number of rotatable bonds is 4. The van der Waals surface area contributed by atoms with Crippen molar-refractivity contribution in [1.29, 1.82) is 0 Å². The van der Waals surface area contributed by atoms with Crippen LogP contribution in [0, 0.1) is 0 Å². The summed E-state index contributed by atoms with van der Waals surface area (Å²) < 4.78 is 39.2. The van der Waals surface area contributed by atoms with Crippen molar-refractivity contribution in [3.63, 3.8) is 0 Å². The fourth-order valence-electron chi connectivity index (χ4n) is 3.19. The van der Waals surface area contributed by atoms with E-state index in [9.17, 15) is 8.42 Å². The molecule has 2 aromatic rings. The van der Waals surface area contributed by atoms with Gasteiger partial charge in [0.15, 0.2) is 11.5 Å². The number of halogens is 1. The van der Waals surface area contributed by atoms with Crippen molar-refractivity contribution >= 4 is 26.0 Å². The summed E-state index contributed by atoms with van der Waals surface area (Å²) in [5.74, 6) is 1.27. The molecule has 0 spiro atoms. The van der Waals surface area contributed by atoms with Crippen LogP contribution < -0.4 is 9.47 Å². The fraction of sp³-hybridized carbons (Fsp3) is 0.333. The first kappa shape index (κ1) is 18.2. The molecule has 0 saturated carbocycles. The van der Waals surface area contributed by atoms with E-state index in [1.54, 1.807) is 42.8 Å². The predicted molar refractivity (Wildman–Crippen MR) is 99.7 cm³/mol. The highest BCUT2D eigenvalue weighted by Crippen LogP contribution is 2.39. The number of hydrogen-bond acceptors (Lipinski definition) is 4. The second-order valence-electron chi connectivity index (χ2n) is 5.90. The lowest BCUT2D eigenvalue weighted by Crippen LogP contribution is -2.38. The molecule has 0 saturated heterocycles. The van der Waals surface area contributed by atoms with Gasteiger partial charge in [-0.1, -0.05) is 15.9 Å². The van der Waals surface area contributed by atoms with Gasteiger partial charge < -0.3 is 9.47 Å². The van der Waals surface area contributed by atoms with Crippen molar-refractivity contribution in [1.82, 2.24) is 4.31 Å². The van der Waals surface area contributed by atoms with Crippen LogP contribution in [0.4, 0.5) is 0 Å². The molecule has 0 aliphatic carbocycles. The van der Waals surface area contributed by atoms with Crippen LogP contribution in [0.25, 0.3) is 0 Å². The van der Waals surface area contributed by atoms with Gasteiger partial charge in [0.05, 0.1) is 19.1 Å². The smallest absolute Gasteiger partial charge is 0.243 e. The van der Waals surface area contributed by atoms with Crippen molar-refractivity contribution in [2.75, 3.05) is 20.8 Å². The van der Waals surface area contributed by atoms with Gasteiger partial charge in [0.2, 0.25) is 10.0 Å². The maximum atomic E-state index is 13.1. The van der Waals surface area contributed by atoms with E-state index in [2.05, 4.69) is 15.9 Å². The molecule has 0 unspecified atom stereocenters. The minimum Gasteiger partial charge on any atom is -0.493 e. The first-order valence-corrected chi connectivity index (χ1v) is 10.1. The highest BCUT2D eigenvalue weighted by Gasteiger charge is 2.34. The third-order valence-corrected chi connectivity index (χ3v) is 7.06. The van der Waals surface area contributed by atoms with Crippen LogP contribution in [0.15, 0.2) is 45.8 Å². The lowest BCUT2D eigenvalue weighted by atomic mass is 9.94. The molecule has 0 fully saturated rings. The van der Waals surface area contributed by atoms with Crippen LogP contribution in [-0.4, -0.2) is 33.5 Å². The molecule has 1 heterocycles. The quantitative estimate of drug-likeness (QED) is 0.747. The van der Waals surface area contributed by atoms with Crippen molar-refractivity contribution in [2.45, 2.75) is 24.3 Å². The predicted octanol–water partition coefficient (Wildman–Crippen LogP) is 3.77. The molecule has 0 amide bonds. The normalized spacial score (nSPS) is 17.8. The number of benzene rings is 2. The summed E-state index contributed by atoms with van der Waals surface area (Å²) in [4.78, 5) is 0.298. The molecule has 134 valence electrons. The topological polar surface area (TPSA) is 55.8 Å². The Bertz CT molecular complexity index is 881. The van der Waals surface area contributed by atoms with Crippen LogP contribution in [-0.2, 0) is 16.4 Å². The maximum Gasteiger partial charge on any atom is 0.243 e. The van der Waals surface area contributed by atoms with E-state index in [0.717, 1.165) is 15.6 Å². The van der Waals surface area contributed by atoms with Gasteiger partial charge in [-0.05, 0) is 60.9 Å². The van der Waals surface area contributed by atoms with Gasteiger partial charge >= 0.3 is 0 Å². The van der Waals surface area contributed by atoms with Gasteiger partial charge in [0.1, 0.15) is 0 Å². The Hall–Kier alpha value is -1.57. The van der Waals surface area contributed by atoms with Gasteiger partial charge in [-0.15, -0.1) is 0 Å². The molecule has 0 radical (unpaired) electrons. The molecule has 1 aliphatic heterocycles. The Morgan fingerprint density at radius 1 is 1.08 bits per heavy atom. The molecule has 1 atom stereocenters. The molecule has 2 aromatic carbocycles. The van der Waals surface area contributed by atoms with Gasteiger partial charge in [-0.2, -0.15) is 4.31 Å². The van der Waals surface area contributed by atoms with E-state index in [1.807, 2.05) is 19.1 Å². The fourth-order valence-corrected chi connectivity index (χ4v) is 5.07. The average molecular weight is 426 g/mol. The second-order valence-corrected chi connectivity index (χ2v) is 8.71. The zero-order valence-corrected chi connectivity index (χ0v) is 16.7. The molecule has 0 N–H and O–H groups in total. The molecule has 0 bridgehead atoms. The van der Waals surface area contributed by atoms with E-state index in [4.69, 9.17) is 9.47 Å². The van der Waals surface area contributed by atoms with E-state index >= 15 is 0 Å². The van der Waals surface area contributed by atoms with Crippen LogP contribution in [0.5, 0.6) is 11.5 Å². The first-order valence-electron chi connectivity index (χ1n) is 7.90. The summed E-state index contributed by atoms with van der Waals surface area (Å²) in [6.45, 7) is 2.34. The van der Waals surface area contributed by atoms with Crippen LogP contribution in [0.3, 0.4) is 0 Å². The Labute approximate surface area is 156 Å². The number of sulfonamides is 1. The minimum absolute atomic E-state index is 0.280. The lowest BCUT2D eigenvalue weighted by molar-refractivity contribution is 0.319. The molecule has 1 aliphatic rings. The Morgan fingerprint density at radius 2 is 1.68 bits per heavy atom. The molecule has 5 nitrogen and oxygen atoms in total. The summed E-state index contributed by atoms with van der Waals surface area (Å²) in [7, 11) is -0.390. The highest BCUT2D eigenvalue weighted by molar-refractivity contribution is 9.10. The molecule has 7 heteroatoms. The minimum atomic E-state index is -3.57. The number of methoxy groups -OCH3 is 2. The van der Waals surface area contributed by atoms with Gasteiger partial charge in [-0.25, -0.2) is 8.42 Å². The highest BCUT2D eigenvalue weighted by atomic mass is 79.9. The van der Waals surface area contributed by atoms with E-state index in [0.29, 0.717) is 29.4 Å². The molecule has 0 aromatic heterocycles. The van der Waals surface area contributed by atoms with E-state index < -0.39 is 10.0 Å². The molecular weight excluding hydrogens is 406 g/mol. The van der Waals surface area contributed by atoms with E-state index in [1.165, 1.54) is 0 Å². The average Bonchev–Trinajstić information content (AvgIpc) is 2.61. The third-order valence-electron chi connectivity index (χ3n) is 4.55. The SMILES string of the molecule is COc1cc2c(cc1OC)[C@H](C)N(S(=O)(=O)c1ccc(Br)cc1)CC2. The molecule has 25 heavy (non-hydrogen) atoms. The zero-order chi connectivity index (χ0) is 18.2. The van der Waals surface area contributed by atoms with Crippen molar-refractivity contribution in [2.24, 2.45) is 0 Å². The van der Waals surface area contributed by atoms with Gasteiger partial charge in [0.25, 0.3) is 0 Å². The largest absolute Gasteiger partial charge is 0.493 e. The summed E-state index contributed by atoms with van der Waals surface area (Å²) in [5, 5.41) is 0. The Kier molecular flexibility index (Phi) is 5.09. The van der Waals surface area contributed by atoms with Crippen LogP contribution in [0.1, 0.15) is 24.1 Å².